The molecule has 0 fully saturated rings. The van der Waals surface area contributed by atoms with Crippen LogP contribution in [0.1, 0.15) is 18.1 Å². The summed E-state index contributed by atoms with van der Waals surface area (Å²) in [6.45, 7) is 3.97. The number of benzene rings is 1. The van der Waals surface area contributed by atoms with Gasteiger partial charge >= 0.3 is 10.2 Å². The molecule has 1 aromatic carbocycles. The van der Waals surface area contributed by atoms with E-state index in [0.717, 1.165) is 30.8 Å². The molecule has 1 heterocycles. The second-order valence-electron chi connectivity index (χ2n) is 3.98. The third-order valence-electron chi connectivity index (χ3n) is 2.86. The molecule has 0 radical (unpaired) electrons. The first-order valence-electron chi connectivity index (χ1n) is 5.28. The lowest BCUT2D eigenvalue weighted by molar-refractivity contribution is 0.551. The Morgan fingerprint density at radius 1 is 1.44 bits per heavy atom. The molecule has 2 rings (SSSR count). The van der Waals surface area contributed by atoms with Crippen LogP contribution in [0.3, 0.4) is 0 Å². The fourth-order valence-corrected chi connectivity index (χ4v) is 2.72. The van der Waals surface area contributed by atoms with E-state index in [1.54, 1.807) is 12.1 Å². The molecule has 0 saturated carbocycles. The Labute approximate surface area is 95.1 Å². The molecule has 16 heavy (non-hydrogen) atoms. The Morgan fingerprint density at radius 3 is 2.81 bits per heavy atom. The molecule has 0 amide bonds. The van der Waals surface area contributed by atoms with Gasteiger partial charge in [0.2, 0.25) is 0 Å². The summed E-state index contributed by atoms with van der Waals surface area (Å²) in [6.07, 6.45) is 0.906. The zero-order valence-electron chi connectivity index (χ0n) is 9.11. The van der Waals surface area contributed by atoms with Crippen molar-refractivity contribution in [3.8, 4) is 0 Å². The number of hydrogen-bond donors (Lipinski definition) is 0. The number of nitrogens with zero attached hydrogens (tertiary/aromatic N) is 1. The highest BCUT2D eigenvalue weighted by molar-refractivity contribution is 7.85. The number of fused-ring (bicyclic) bond motifs is 1. The van der Waals surface area contributed by atoms with Crippen molar-refractivity contribution in [2.24, 2.45) is 0 Å². The average molecular weight is 243 g/mol. The Kier molecular flexibility index (Phi) is 2.88. The van der Waals surface area contributed by atoms with Gasteiger partial charge in [-0.1, -0.05) is 12.1 Å². The minimum absolute atomic E-state index is 0.521. The van der Waals surface area contributed by atoms with Crippen LogP contribution in [-0.2, 0) is 22.4 Å². The number of anilines is 1. The van der Waals surface area contributed by atoms with Crippen molar-refractivity contribution in [2.45, 2.75) is 19.1 Å². The third-order valence-corrected chi connectivity index (χ3v) is 3.53. The quantitative estimate of drug-likeness (QED) is 0.760. The molecule has 0 N–H and O–H groups in total. The van der Waals surface area contributed by atoms with Crippen LogP contribution in [0.4, 0.5) is 9.57 Å². The molecule has 0 saturated heterocycles. The van der Waals surface area contributed by atoms with Gasteiger partial charge in [0.25, 0.3) is 0 Å². The molecule has 1 aromatic rings. The number of halogens is 1. The van der Waals surface area contributed by atoms with Crippen molar-refractivity contribution in [1.29, 1.82) is 0 Å². The minimum Gasteiger partial charge on any atom is -0.371 e. The summed E-state index contributed by atoms with van der Waals surface area (Å²) < 4.78 is 33.6. The van der Waals surface area contributed by atoms with Gasteiger partial charge in [-0.3, -0.25) is 0 Å². The number of hydrogen-bond acceptors (Lipinski definition) is 3. The fourth-order valence-electron chi connectivity index (χ4n) is 2.14. The number of rotatable bonds is 3. The van der Waals surface area contributed by atoms with Crippen LogP contribution >= 0.6 is 0 Å². The first kappa shape index (κ1) is 11.4. The standard InChI is InChI=1S/C11H14FNO2S/c1-2-13-6-5-10-7-9(3-4-11(10)13)8-16(12,14)15/h3-4,7H,2,5-6,8H2,1H3. The maximum absolute atomic E-state index is 12.5. The maximum Gasteiger partial charge on any atom is 0.306 e. The predicted octanol–water partition coefficient (Wildman–Crippen LogP) is 1.87. The zero-order chi connectivity index (χ0) is 11.8. The Hall–Kier alpha value is -1.10. The molecular weight excluding hydrogens is 229 g/mol. The Bertz CT molecular complexity index is 499. The second-order valence-corrected chi connectivity index (χ2v) is 5.34. The lowest BCUT2D eigenvalue weighted by Crippen LogP contribution is -2.19. The summed E-state index contributed by atoms with van der Waals surface area (Å²) in [5.74, 6) is -0.521. The van der Waals surface area contributed by atoms with Gasteiger partial charge in [0.15, 0.2) is 0 Å². The lowest BCUT2D eigenvalue weighted by Gasteiger charge is -2.16. The lowest BCUT2D eigenvalue weighted by atomic mass is 10.1. The summed E-state index contributed by atoms with van der Waals surface area (Å²) >= 11 is 0. The monoisotopic (exact) mass is 243 g/mol. The van der Waals surface area contributed by atoms with Crippen LogP contribution in [0.5, 0.6) is 0 Å². The highest BCUT2D eigenvalue weighted by Crippen LogP contribution is 2.29. The van der Waals surface area contributed by atoms with E-state index in [-0.39, 0.29) is 0 Å². The summed E-state index contributed by atoms with van der Waals surface area (Å²) in [5.41, 5.74) is 2.78. The highest BCUT2D eigenvalue weighted by Gasteiger charge is 2.18. The van der Waals surface area contributed by atoms with Crippen molar-refractivity contribution in [3.63, 3.8) is 0 Å². The van der Waals surface area contributed by atoms with E-state index in [4.69, 9.17) is 0 Å². The first-order valence-corrected chi connectivity index (χ1v) is 6.84. The van der Waals surface area contributed by atoms with Crippen molar-refractivity contribution in [3.05, 3.63) is 29.3 Å². The molecule has 1 aliphatic rings. The van der Waals surface area contributed by atoms with Gasteiger partial charge in [0.1, 0.15) is 5.75 Å². The zero-order valence-corrected chi connectivity index (χ0v) is 9.93. The Morgan fingerprint density at radius 2 is 2.19 bits per heavy atom. The fraction of sp³-hybridized carbons (Fsp3) is 0.455. The Balaban J connectivity index is 2.28. The van der Waals surface area contributed by atoms with Crippen molar-refractivity contribution in [1.82, 2.24) is 0 Å². The summed E-state index contributed by atoms with van der Waals surface area (Å²) in [6, 6.07) is 5.36. The molecule has 5 heteroatoms. The van der Waals surface area contributed by atoms with E-state index in [9.17, 15) is 12.3 Å². The van der Waals surface area contributed by atoms with Gasteiger partial charge in [-0.15, -0.1) is 3.89 Å². The largest absolute Gasteiger partial charge is 0.371 e. The van der Waals surface area contributed by atoms with Crippen molar-refractivity contribution >= 4 is 15.9 Å². The van der Waals surface area contributed by atoms with Crippen molar-refractivity contribution in [2.75, 3.05) is 18.0 Å². The van der Waals surface area contributed by atoms with E-state index >= 15 is 0 Å². The minimum atomic E-state index is -4.43. The van der Waals surface area contributed by atoms with E-state index in [1.807, 2.05) is 6.07 Å². The highest BCUT2D eigenvalue weighted by atomic mass is 32.3. The average Bonchev–Trinajstić information content (AvgIpc) is 2.57. The van der Waals surface area contributed by atoms with Crippen LogP contribution in [0.15, 0.2) is 18.2 Å². The molecule has 0 unspecified atom stereocenters. The first-order chi connectivity index (χ1) is 7.49. The van der Waals surface area contributed by atoms with E-state index < -0.39 is 16.0 Å². The molecule has 3 nitrogen and oxygen atoms in total. The molecule has 0 aliphatic carbocycles. The van der Waals surface area contributed by atoms with Crippen LogP contribution < -0.4 is 4.90 Å². The summed E-state index contributed by atoms with van der Waals surface area (Å²) in [5, 5.41) is 0. The topological polar surface area (TPSA) is 37.4 Å². The second kappa shape index (κ2) is 4.05. The molecule has 0 bridgehead atoms. The molecule has 0 spiro atoms. The van der Waals surface area contributed by atoms with Crippen LogP contribution in [0.2, 0.25) is 0 Å². The molecule has 1 aliphatic heterocycles. The summed E-state index contributed by atoms with van der Waals surface area (Å²) in [4.78, 5) is 2.23. The van der Waals surface area contributed by atoms with E-state index in [2.05, 4.69) is 11.8 Å². The molecule has 88 valence electrons. The van der Waals surface area contributed by atoms with Crippen LogP contribution in [0, 0.1) is 0 Å². The van der Waals surface area contributed by atoms with Crippen molar-refractivity contribution < 1.29 is 12.3 Å². The summed E-state index contributed by atoms with van der Waals surface area (Å²) in [7, 11) is -4.43. The van der Waals surface area contributed by atoms with Gasteiger partial charge in [0.05, 0.1) is 0 Å². The predicted molar refractivity (Wildman–Crippen MR) is 61.8 cm³/mol. The number of likely N-dealkylation sites (N-methyl/N-ethyl adjacent to an activating group) is 1. The molecule has 0 atom stereocenters. The van der Waals surface area contributed by atoms with Gasteiger partial charge in [0, 0.05) is 18.8 Å². The van der Waals surface area contributed by atoms with Crippen LogP contribution in [-0.4, -0.2) is 21.5 Å². The van der Waals surface area contributed by atoms with Crippen LogP contribution in [0.25, 0.3) is 0 Å². The molecular formula is C11H14FNO2S. The van der Waals surface area contributed by atoms with Gasteiger partial charge in [-0.05, 0) is 30.5 Å². The van der Waals surface area contributed by atoms with E-state index in [0.29, 0.717) is 5.56 Å². The maximum atomic E-state index is 12.5. The smallest absolute Gasteiger partial charge is 0.306 e. The van der Waals surface area contributed by atoms with Gasteiger partial charge in [-0.25, -0.2) is 0 Å². The van der Waals surface area contributed by atoms with Gasteiger partial charge < -0.3 is 4.90 Å². The van der Waals surface area contributed by atoms with Gasteiger partial charge in [-0.2, -0.15) is 8.42 Å². The molecule has 0 aromatic heterocycles. The third kappa shape index (κ3) is 2.35. The van der Waals surface area contributed by atoms with E-state index in [1.165, 1.54) is 0 Å². The normalized spacial score (nSPS) is 15.2. The SMILES string of the molecule is CCN1CCc2cc(CS(=O)(=O)F)ccc21.